The molecular weight excluding hydrogens is 367 g/mol. The molecule has 0 heterocycles. The summed E-state index contributed by atoms with van der Waals surface area (Å²) in [4.78, 5) is 34.1. The van der Waals surface area contributed by atoms with E-state index in [1.807, 2.05) is 0 Å². The Balaban J connectivity index is 1.81. The first kappa shape index (κ1) is 20.9. The van der Waals surface area contributed by atoms with E-state index >= 15 is 0 Å². The van der Waals surface area contributed by atoms with Crippen molar-refractivity contribution in [1.82, 2.24) is 5.32 Å². The first-order chi connectivity index (χ1) is 13.4. The van der Waals surface area contributed by atoms with Crippen molar-refractivity contribution in [2.45, 2.75) is 19.3 Å². The highest BCUT2D eigenvalue weighted by atomic mass is 19.1. The van der Waals surface area contributed by atoms with Gasteiger partial charge < -0.3 is 20.5 Å². The molecule has 0 saturated carbocycles. The number of anilines is 1. The summed E-state index contributed by atoms with van der Waals surface area (Å²) in [7, 11) is 1.39. The fourth-order valence-corrected chi connectivity index (χ4v) is 2.47. The van der Waals surface area contributed by atoms with Crippen molar-refractivity contribution in [3.05, 3.63) is 59.4 Å². The van der Waals surface area contributed by atoms with Gasteiger partial charge in [-0.25, -0.2) is 4.39 Å². The number of halogens is 1. The molecular formula is C20H21FN2O5. The summed E-state index contributed by atoms with van der Waals surface area (Å²) < 4.78 is 18.5. The Morgan fingerprint density at radius 3 is 2.32 bits per heavy atom. The number of ether oxygens (including phenoxy) is 1. The number of hydrogen-bond acceptors (Lipinski definition) is 4. The number of amides is 2. The van der Waals surface area contributed by atoms with Crippen molar-refractivity contribution in [3.63, 3.8) is 0 Å². The van der Waals surface area contributed by atoms with E-state index in [1.165, 1.54) is 19.2 Å². The number of carboxylic acids is 1. The zero-order valence-electron chi connectivity index (χ0n) is 15.3. The number of carboxylic acid groups (broad SMARTS) is 1. The average Bonchev–Trinajstić information content (AvgIpc) is 2.66. The number of carbonyl (C=O) groups excluding carboxylic acids is 2. The summed E-state index contributed by atoms with van der Waals surface area (Å²) in [5.74, 6) is -2.04. The molecule has 148 valence electrons. The van der Waals surface area contributed by atoms with Gasteiger partial charge in [0.1, 0.15) is 6.54 Å². The van der Waals surface area contributed by atoms with Gasteiger partial charge in [-0.05, 0) is 41.8 Å². The molecule has 0 aliphatic rings. The molecule has 2 aromatic rings. The van der Waals surface area contributed by atoms with Crippen LogP contribution in [0.15, 0.2) is 42.5 Å². The van der Waals surface area contributed by atoms with Crippen LogP contribution in [0.1, 0.15) is 17.5 Å². The maximum atomic E-state index is 13.7. The highest BCUT2D eigenvalue weighted by Gasteiger charge is 2.08. The molecule has 0 atom stereocenters. The van der Waals surface area contributed by atoms with Crippen LogP contribution >= 0.6 is 0 Å². The van der Waals surface area contributed by atoms with Crippen LogP contribution < -0.4 is 15.4 Å². The first-order valence-corrected chi connectivity index (χ1v) is 8.57. The van der Waals surface area contributed by atoms with Crippen LogP contribution in [-0.2, 0) is 27.2 Å². The molecule has 0 radical (unpaired) electrons. The molecule has 0 aliphatic heterocycles. The van der Waals surface area contributed by atoms with Gasteiger partial charge in [0.25, 0.3) is 0 Å². The summed E-state index contributed by atoms with van der Waals surface area (Å²) >= 11 is 0. The minimum absolute atomic E-state index is 0.0462. The highest BCUT2D eigenvalue weighted by molar-refractivity contribution is 5.91. The maximum Gasteiger partial charge on any atom is 0.322 e. The Labute approximate surface area is 161 Å². The minimum Gasteiger partial charge on any atom is -0.494 e. The summed E-state index contributed by atoms with van der Waals surface area (Å²) in [6.07, 6.45) is 0.615. The standard InChI is InChI=1S/C20H21FN2O5/c1-28-17-8-4-13(10-16(17)21)5-9-18(24)23-15-6-2-14(3-7-15)11-19(25)22-12-20(26)27/h2-4,6-8,10H,5,9,11-12H2,1H3,(H,22,25)(H,23,24)(H,26,27). The highest BCUT2D eigenvalue weighted by Crippen LogP contribution is 2.18. The van der Waals surface area contributed by atoms with Gasteiger partial charge in [-0.15, -0.1) is 0 Å². The van der Waals surface area contributed by atoms with Gasteiger partial charge in [0.15, 0.2) is 11.6 Å². The predicted octanol–water partition coefficient (Wildman–Crippen LogP) is 2.15. The van der Waals surface area contributed by atoms with Crippen LogP contribution in [0.25, 0.3) is 0 Å². The largest absolute Gasteiger partial charge is 0.494 e. The third-order valence-corrected chi connectivity index (χ3v) is 3.90. The zero-order valence-corrected chi connectivity index (χ0v) is 15.3. The molecule has 3 N–H and O–H groups in total. The molecule has 0 aromatic heterocycles. The second kappa shape index (κ2) is 10.1. The van der Waals surface area contributed by atoms with Gasteiger partial charge in [-0.3, -0.25) is 14.4 Å². The van der Waals surface area contributed by atoms with E-state index in [0.717, 1.165) is 0 Å². The van der Waals surface area contributed by atoms with Crippen LogP contribution in [0, 0.1) is 5.82 Å². The molecule has 2 aromatic carbocycles. The van der Waals surface area contributed by atoms with Crippen molar-refractivity contribution in [1.29, 1.82) is 0 Å². The normalized spacial score (nSPS) is 10.2. The topological polar surface area (TPSA) is 105 Å². The van der Waals surface area contributed by atoms with Gasteiger partial charge in [-0.1, -0.05) is 18.2 Å². The lowest BCUT2D eigenvalue weighted by atomic mass is 10.1. The fourth-order valence-electron chi connectivity index (χ4n) is 2.47. The molecule has 0 aliphatic carbocycles. The SMILES string of the molecule is COc1ccc(CCC(=O)Nc2ccc(CC(=O)NCC(=O)O)cc2)cc1F. The van der Waals surface area contributed by atoms with Crippen molar-refractivity contribution >= 4 is 23.5 Å². The van der Waals surface area contributed by atoms with Gasteiger partial charge in [-0.2, -0.15) is 0 Å². The summed E-state index contributed by atoms with van der Waals surface area (Å²) in [5, 5.41) is 13.5. The monoisotopic (exact) mass is 388 g/mol. The number of methoxy groups -OCH3 is 1. The molecule has 2 rings (SSSR count). The number of hydrogen-bond donors (Lipinski definition) is 3. The second-order valence-corrected chi connectivity index (χ2v) is 6.06. The van der Waals surface area contributed by atoms with E-state index in [1.54, 1.807) is 30.3 Å². The Morgan fingerprint density at radius 2 is 1.71 bits per heavy atom. The Hall–Kier alpha value is -3.42. The predicted molar refractivity (Wildman–Crippen MR) is 101 cm³/mol. The molecule has 0 unspecified atom stereocenters. The molecule has 0 fully saturated rings. The fraction of sp³-hybridized carbons (Fsp3) is 0.250. The van der Waals surface area contributed by atoms with Crippen molar-refractivity contribution in [3.8, 4) is 5.75 Å². The lowest BCUT2D eigenvalue weighted by Crippen LogP contribution is -2.30. The summed E-state index contributed by atoms with van der Waals surface area (Å²) in [6.45, 7) is -0.426. The van der Waals surface area contributed by atoms with E-state index in [4.69, 9.17) is 9.84 Å². The smallest absolute Gasteiger partial charge is 0.322 e. The molecule has 28 heavy (non-hydrogen) atoms. The number of benzene rings is 2. The van der Waals surface area contributed by atoms with Crippen molar-refractivity contribution in [2.75, 3.05) is 19.0 Å². The summed E-state index contributed by atoms with van der Waals surface area (Å²) in [6, 6.07) is 11.2. The molecule has 0 saturated heterocycles. The Kier molecular flexibility index (Phi) is 7.50. The van der Waals surface area contributed by atoms with E-state index in [-0.39, 0.29) is 24.5 Å². The van der Waals surface area contributed by atoms with Crippen molar-refractivity contribution in [2.24, 2.45) is 0 Å². The van der Waals surface area contributed by atoms with E-state index in [9.17, 15) is 18.8 Å². The van der Waals surface area contributed by atoms with E-state index in [0.29, 0.717) is 23.2 Å². The maximum absolute atomic E-state index is 13.7. The molecule has 0 spiro atoms. The number of aryl methyl sites for hydroxylation is 1. The number of rotatable bonds is 9. The molecule has 2 amide bonds. The average molecular weight is 388 g/mol. The van der Waals surface area contributed by atoms with Gasteiger partial charge in [0.05, 0.1) is 13.5 Å². The Morgan fingerprint density at radius 1 is 1.04 bits per heavy atom. The molecule has 7 nitrogen and oxygen atoms in total. The van der Waals surface area contributed by atoms with Crippen LogP contribution in [0.3, 0.4) is 0 Å². The quantitative estimate of drug-likeness (QED) is 0.611. The third kappa shape index (κ3) is 6.71. The molecule has 8 heteroatoms. The minimum atomic E-state index is -1.11. The zero-order chi connectivity index (χ0) is 20.5. The van der Waals surface area contributed by atoms with E-state index in [2.05, 4.69) is 10.6 Å². The van der Waals surface area contributed by atoms with Crippen LogP contribution in [-0.4, -0.2) is 36.5 Å². The number of aliphatic carboxylic acids is 1. The number of carbonyl (C=O) groups is 3. The van der Waals surface area contributed by atoms with Crippen LogP contribution in [0.2, 0.25) is 0 Å². The lowest BCUT2D eigenvalue weighted by Gasteiger charge is -2.08. The third-order valence-electron chi connectivity index (χ3n) is 3.90. The van der Waals surface area contributed by atoms with E-state index < -0.39 is 24.2 Å². The van der Waals surface area contributed by atoms with Gasteiger partial charge >= 0.3 is 5.97 Å². The Bertz CT molecular complexity index is 852. The number of nitrogens with one attached hydrogen (secondary N) is 2. The van der Waals surface area contributed by atoms with Crippen LogP contribution in [0.4, 0.5) is 10.1 Å². The van der Waals surface area contributed by atoms with Crippen molar-refractivity contribution < 1.29 is 28.6 Å². The van der Waals surface area contributed by atoms with Crippen LogP contribution in [0.5, 0.6) is 5.75 Å². The first-order valence-electron chi connectivity index (χ1n) is 8.57. The lowest BCUT2D eigenvalue weighted by molar-refractivity contribution is -0.137. The van der Waals surface area contributed by atoms with Gasteiger partial charge in [0, 0.05) is 12.1 Å². The summed E-state index contributed by atoms with van der Waals surface area (Å²) in [5.41, 5.74) is 1.95. The molecule has 0 bridgehead atoms. The van der Waals surface area contributed by atoms with Gasteiger partial charge in [0.2, 0.25) is 11.8 Å². The second-order valence-electron chi connectivity index (χ2n) is 6.06.